The van der Waals surface area contributed by atoms with Gasteiger partial charge in [0, 0.05) is 12.6 Å². The van der Waals surface area contributed by atoms with E-state index < -0.39 is 17.7 Å². The zero-order valence-corrected chi connectivity index (χ0v) is 20.0. The molecular weight excluding hydrogens is 440 g/mol. The van der Waals surface area contributed by atoms with Gasteiger partial charge in [0.25, 0.3) is 11.7 Å². The van der Waals surface area contributed by atoms with Crippen molar-refractivity contribution in [3.8, 4) is 23.0 Å². The highest BCUT2D eigenvalue weighted by Gasteiger charge is 2.46. The molecule has 0 radical (unpaired) electrons. The molecule has 2 aromatic rings. The van der Waals surface area contributed by atoms with Crippen molar-refractivity contribution in [2.24, 2.45) is 0 Å². The fraction of sp³-hybridized carbons (Fsp3) is 0.360. The highest BCUT2D eigenvalue weighted by Crippen LogP contribution is 2.43. The van der Waals surface area contributed by atoms with Crippen LogP contribution in [0.2, 0.25) is 0 Å². The molecule has 1 aliphatic rings. The zero-order valence-electron chi connectivity index (χ0n) is 20.0. The molecule has 0 aromatic heterocycles. The van der Waals surface area contributed by atoms with Crippen LogP contribution in [0.1, 0.15) is 23.6 Å². The Morgan fingerprint density at radius 3 is 2.29 bits per heavy atom. The Labute approximate surface area is 198 Å². The van der Waals surface area contributed by atoms with Crippen molar-refractivity contribution in [1.29, 1.82) is 0 Å². The topological polar surface area (TPSA) is 109 Å². The number of benzene rings is 2. The van der Waals surface area contributed by atoms with Crippen LogP contribution in [0.3, 0.4) is 0 Å². The number of carbonyl (C=O) groups excluding carboxylic acids is 2. The van der Waals surface area contributed by atoms with E-state index >= 15 is 0 Å². The van der Waals surface area contributed by atoms with Crippen LogP contribution in [0.15, 0.2) is 42.0 Å². The maximum Gasteiger partial charge on any atom is 0.295 e. The molecule has 1 saturated heterocycles. The normalized spacial score (nSPS) is 17.4. The van der Waals surface area contributed by atoms with Crippen LogP contribution < -0.4 is 14.2 Å². The molecule has 0 bridgehead atoms. The largest absolute Gasteiger partial charge is 0.507 e. The molecule has 1 heterocycles. The number of phenols is 1. The van der Waals surface area contributed by atoms with Gasteiger partial charge in [-0.3, -0.25) is 9.59 Å². The van der Waals surface area contributed by atoms with E-state index in [9.17, 15) is 19.8 Å². The molecule has 2 N–H and O–H groups in total. The number of methoxy groups -OCH3 is 3. The summed E-state index contributed by atoms with van der Waals surface area (Å²) in [6.45, 7) is 0.993. The average Bonchev–Trinajstić information content (AvgIpc) is 3.07. The molecule has 2 aromatic carbocycles. The van der Waals surface area contributed by atoms with Crippen molar-refractivity contribution in [1.82, 2.24) is 9.80 Å². The summed E-state index contributed by atoms with van der Waals surface area (Å²) in [4.78, 5) is 29.6. The first-order chi connectivity index (χ1) is 16.2. The van der Waals surface area contributed by atoms with Crippen molar-refractivity contribution >= 4 is 17.4 Å². The fourth-order valence-corrected chi connectivity index (χ4v) is 4.03. The average molecular weight is 471 g/mol. The quantitative estimate of drug-likeness (QED) is 0.327. The van der Waals surface area contributed by atoms with Gasteiger partial charge >= 0.3 is 0 Å². The number of aliphatic hydroxyl groups excluding tert-OH is 1. The van der Waals surface area contributed by atoms with Crippen molar-refractivity contribution in [3.05, 3.63) is 53.1 Å². The van der Waals surface area contributed by atoms with Crippen LogP contribution in [0.25, 0.3) is 5.76 Å². The highest BCUT2D eigenvalue weighted by molar-refractivity contribution is 6.46. The monoisotopic (exact) mass is 470 g/mol. The predicted octanol–water partition coefficient (Wildman–Crippen LogP) is 2.79. The van der Waals surface area contributed by atoms with E-state index in [4.69, 9.17) is 14.2 Å². The van der Waals surface area contributed by atoms with Gasteiger partial charge in [0.05, 0.1) is 38.5 Å². The third kappa shape index (κ3) is 4.79. The SMILES string of the molecule is COc1ccc(/C(O)=C2/C(=O)C(=O)N(CCCN(C)C)C2c2ccc(OC)c(O)c2)c(OC)c1. The smallest absolute Gasteiger partial charge is 0.295 e. The van der Waals surface area contributed by atoms with E-state index in [0.717, 1.165) is 0 Å². The fourth-order valence-electron chi connectivity index (χ4n) is 4.03. The number of hydrogen-bond acceptors (Lipinski definition) is 8. The Bertz CT molecular complexity index is 1110. The van der Waals surface area contributed by atoms with Gasteiger partial charge in [-0.1, -0.05) is 6.07 Å². The first kappa shape index (κ1) is 24.9. The van der Waals surface area contributed by atoms with Crippen molar-refractivity contribution < 1.29 is 34.0 Å². The molecule has 34 heavy (non-hydrogen) atoms. The standard InChI is InChI=1S/C25H30N2O7/c1-26(2)11-6-12-27-22(15-7-10-19(33-4)18(28)13-15)21(24(30)25(27)31)23(29)17-9-8-16(32-3)14-20(17)34-5/h7-10,13-14,22,28-29H,6,11-12H2,1-5H3/b23-21-. The minimum absolute atomic E-state index is 0.0807. The first-order valence-corrected chi connectivity index (χ1v) is 10.8. The summed E-state index contributed by atoms with van der Waals surface area (Å²) >= 11 is 0. The maximum absolute atomic E-state index is 13.2. The first-order valence-electron chi connectivity index (χ1n) is 10.8. The minimum atomic E-state index is -0.897. The molecule has 1 unspecified atom stereocenters. The second-order valence-electron chi connectivity index (χ2n) is 8.15. The number of rotatable bonds is 9. The lowest BCUT2D eigenvalue weighted by atomic mass is 9.94. The Hall–Kier alpha value is -3.72. The van der Waals surface area contributed by atoms with Gasteiger partial charge in [-0.2, -0.15) is 0 Å². The summed E-state index contributed by atoms with van der Waals surface area (Å²) in [6, 6.07) is 8.52. The predicted molar refractivity (Wildman–Crippen MR) is 126 cm³/mol. The number of likely N-dealkylation sites (tertiary alicyclic amines) is 1. The third-order valence-corrected chi connectivity index (χ3v) is 5.73. The summed E-state index contributed by atoms with van der Waals surface area (Å²) in [6.07, 6.45) is 0.616. The molecule has 0 aliphatic carbocycles. The third-order valence-electron chi connectivity index (χ3n) is 5.73. The molecule has 3 rings (SSSR count). The zero-order chi connectivity index (χ0) is 25.0. The number of ether oxygens (including phenoxy) is 3. The summed E-state index contributed by atoms with van der Waals surface area (Å²) in [7, 11) is 8.21. The number of carbonyl (C=O) groups is 2. The number of amides is 1. The van der Waals surface area contributed by atoms with Crippen molar-refractivity contribution in [3.63, 3.8) is 0 Å². The lowest BCUT2D eigenvalue weighted by molar-refractivity contribution is -0.139. The molecule has 0 spiro atoms. The van der Waals surface area contributed by atoms with E-state index in [1.165, 1.54) is 32.3 Å². The molecule has 1 aliphatic heterocycles. The number of Topliss-reactive ketones (excluding diaryl/α,β-unsaturated/α-hetero) is 1. The van der Waals surface area contributed by atoms with Crippen LogP contribution in [0, 0.1) is 0 Å². The molecule has 1 atom stereocenters. The van der Waals surface area contributed by atoms with Crippen molar-refractivity contribution in [2.75, 3.05) is 48.5 Å². The molecule has 9 heteroatoms. The van der Waals surface area contributed by atoms with Crippen molar-refractivity contribution in [2.45, 2.75) is 12.5 Å². The van der Waals surface area contributed by atoms with E-state index in [0.29, 0.717) is 24.3 Å². The Balaban J connectivity index is 2.17. The van der Waals surface area contributed by atoms with Gasteiger partial charge in [0.15, 0.2) is 11.5 Å². The van der Waals surface area contributed by atoms with Crippen LogP contribution in [-0.2, 0) is 9.59 Å². The maximum atomic E-state index is 13.2. The molecule has 182 valence electrons. The number of phenolic OH excluding ortho intramolecular Hbond substituents is 1. The van der Waals surface area contributed by atoms with Crippen LogP contribution >= 0.6 is 0 Å². The van der Waals surface area contributed by atoms with Crippen LogP contribution in [-0.4, -0.2) is 80.2 Å². The van der Waals surface area contributed by atoms with Crippen LogP contribution in [0.5, 0.6) is 23.0 Å². The Kier molecular flexibility index (Phi) is 7.68. The van der Waals surface area contributed by atoms with Gasteiger partial charge in [0.1, 0.15) is 17.3 Å². The van der Waals surface area contributed by atoms with E-state index in [1.54, 1.807) is 30.3 Å². The molecule has 1 fully saturated rings. The highest BCUT2D eigenvalue weighted by atomic mass is 16.5. The van der Waals surface area contributed by atoms with E-state index in [1.807, 2.05) is 19.0 Å². The number of hydrogen-bond donors (Lipinski definition) is 2. The number of aromatic hydroxyl groups is 1. The number of aliphatic hydroxyl groups is 1. The number of nitrogens with zero attached hydrogens (tertiary/aromatic N) is 2. The summed E-state index contributed by atoms with van der Waals surface area (Å²) in [5.41, 5.74) is 0.636. The molecule has 9 nitrogen and oxygen atoms in total. The van der Waals surface area contributed by atoms with Crippen LogP contribution in [0.4, 0.5) is 0 Å². The molecule has 0 saturated carbocycles. The number of ketones is 1. The van der Waals surface area contributed by atoms with E-state index in [2.05, 4.69) is 0 Å². The lowest BCUT2D eigenvalue weighted by Crippen LogP contribution is -2.32. The Morgan fingerprint density at radius 2 is 1.71 bits per heavy atom. The van der Waals surface area contributed by atoms with Gasteiger partial charge < -0.3 is 34.2 Å². The second-order valence-corrected chi connectivity index (χ2v) is 8.15. The summed E-state index contributed by atoms with van der Waals surface area (Å²) < 4.78 is 15.7. The lowest BCUT2D eigenvalue weighted by Gasteiger charge is -2.26. The van der Waals surface area contributed by atoms with Gasteiger partial charge in [-0.25, -0.2) is 0 Å². The van der Waals surface area contributed by atoms with Gasteiger partial charge in [-0.05, 0) is 56.9 Å². The summed E-state index contributed by atoms with van der Waals surface area (Å²) in [5, 5.41) is 21.6. The second kappa shape index (κ2) is 10.5. The summed E-state index contributed by atoms with van der Waals surface area (Å²) in [5.74, 6) is -0.978. The Morgan fingerprint density at radius 1 is 1.00 bits per heavy atom. The van der Waals surface area contributed by atoms with Gasteiger partial charge in [0.2, 0.25) is 0 Å². The van der Waals surface area contributed by atoms with E-state index in [-0.39, 0.29) is 40.7 Å². The van der Waals surface area contributed by atoms with Gasteiger partial charge in [-0.15, -0.1) is 0 Å². The molecular formula is C25H30N2O7. The minimum Gasteiger partial charge on any atom is -0.507 e. The molecule has 1 amide bonds.